The third-order valence-corrected chi connectivity index (χ3v) is 5.06. The summed E-state index contributed by atoms with van der Waals surface area (Å²) >= 11 is 1.42. The maximum atomic E-state index is 12.3. The number of fused-ring (bicyclic) bond motifs is 1. The Balaban J connectivity index is 1.44. The van der Waals surface area contributed by atoms with E-state index < -0.39 is 5.97 Å². The van der Waals surface area contributed by atoms with Crippen LogP contribution in [0, 0.1) is 0 Å². The van der Waals surface area contributed by atoms with Gasteiger partial charge in [-0.3, -0.25) is 4.79 Å². The van der Waals surface area contributed by atoms with Crippen LogP contribution in [0.4, 0.5) is 5.69 Å². The minimum atomic E-state index is -0.551. The number of hydrogen-bond acceptors (Lipinski definition) is 8. The number of carbonyl (C=O) groups is 2. The Morgan fingerprint density at radius 3 is 3.00 bits per heavy atom. The zero-order valence-electron chi connectivity index (χ0n) is 14.8. The van der Waals surface area contributed by atoms with Crippen molar-refractivity contribution in [1.29, 1.82) is 0 Å². The maximum absolute atomic E-state index is 12.3. The number of hydrogen-bond donors (Lipinski definition) is 1. The summed E-state index contributed by atoms with van der Waals surface area (Å²) in [5.74, 6) is 0.832. The van der Waals surface area contributed by atoms with E-state index >= 15 is 0 Å². The van der Waals surface area contributed by atoms with Crippen molar-refractivity contribution in [1.82, 2.24) is 10.1 Å². The number of anilines is 1. The molecule has 0 aliphatic carbocycles. The molecule has 0 spiro atoms. The predicted molar refractivity (Wildman–Crippen MR) is 101 cm³/mol. The van der Waals surface area contributed by atoms with E-state index in [1.54, 1.807) is 37.4 Å². The number of ether oxygens (including phenoxy) is 2. The Bertz CT molecular complexity index is 1050. The maximum Gasteiger partial charge on any atom is 0.338 e. The van der Waals surface area contributed by atoms with Crippen molar-refractivity contribution in [2.24, 2.45) is 0 Å². The van der Waals surface area contributed by atoms with E-state index in [-0.39, 0.29) is 18.4 Å². The van der Waals surface area contributed by atoms with Gasteiger partial charge in [-0.25, -0.2) is 4.79 Å². The summed E-state index contributed by atoms with van der Waals surface area (Å²) in [5, 5.41) is 6.65. The molecule has 142 valence electrons. The summed E-state index contributed by atoms with van der Waals surface area (Å²) in [6, 6.07) is 12.3. The summed E-state index contributed by atoms with van der Waals surface area (Å²) in [6.45, 7) is -0.167. The molecule has 28 heavy (non-hydrogen) atoms. The number of carbonyl (C=O) groups excluding carboxylic acids is 2. The quantitative estimate of drug-likeness (QED) is 0.655. The van der Waals surface area contributed by atoms with Crippen LogP contribution in [0.3, 0.4) is 0 Å². The van der Waals surface area contributed by atoms with Crippen molar-refractivity contribution < 1.29 is 23.6 Å². The van der Waals surface area contributed by atoms with Crippen molar-refractivity contribution in [3.05, 3.63) is 53.9 Å². The summed E-state index contributed by atoms with van der Waals surface area (Å²) in [5.41, 5.74) is 1.60. The molecule has 0 atom stereocenters. The van der Waals surface area contributed by atoms with E-state index in [2.05, 4.69) is 15.5 Å². The lowest BCUT2D eigenvalue weighted by atomic mass is 10.2. The lowest BCUT2D eigenvalue weighted by molar-refractivity contribution is -0.113. The first-order valence-corrected chi connectivity index (χ1v) is 9.32. The van der Waals surface area contributed by atoms with Crippen LogP contribution in [0.2, 0.25) is 0 Å². The highest BCUT2D eigenvalue weighted by molar-refractivity contribution is 8.00. The molecule has 3 aromatic rings. The fourth-order valence-electron chi connectivity index (χ4n) is 2.67. The number of benzene rings is 2. The molecule has 1 aliphatic rings. The van der Waals surface area contributed by atoms with Crippen molar-refractivity contribution >= 4 is 29.3 Å². The monoisotopic (exact) mass is 397 g/mol. The van der Waals surface area contributed by atoms with Gasteiger partial charge in [0.05, 0.1) is 29.7 Å². The zero-order chi connectivity index (χ0) is 19.5. The summed E-state index contributed by atoms with van der Waals surface area (Å²) < 4.78 is 15.7. The Morgan fingerprint density at radius 2 is 2.14 bits per heavy atom. The van der Waals surface area contributed by atoms with E-state index in [0.717, 1.165) is 4.90 Å². The minimum Gasteiger partial charge on any atom is -0.496 e. The van der Waals surface area contributed by atoms with Gasteiger partial charge in [0.15, 0.2) is 6.61 Å². The van der Waals surface area contributed by atoms with E-state index in [9.17, 15) is 9.59 Å². The topological polar surface area (TPSA) is 104 Å². The van der Waals surface area contributed by atoms with Gasteiger partial charge in [0.25, 0.3) is 5.89 Å². The molecule has 0 bridgehead atoms. The van der Waals surface area contributed by atoms with Gasteiger partial charge in [-0.1, -0.05) is 17.3 Å². The highest BCUT2D eigenvalue weighted by Crippen LogP contribution is 2.32. The van der Waals surface area contributed by atoms with Crippen LogP contribution in [0.5, 0.6) is 5.75 Å². The van der Waals surface area contributed by atoms with Crippen molar-refractivity contribution in [3.63, 3.8) is 0 Å². The molecular weight excluding hydrogens is 382 g/mol. The van der Waals surface area contributed by atoms with Crippen LogP contribution in [-0.2, 0) is 16.1 Å². The van der Waals surface area contributed by atoms with Gasteiger partial charge < -0.3 is 19.3 Å². The van der Waals surface area contributed by atoms with Crippen LogP contribution in [-0.4, -0.2) is 34.9 Å². The van der Waals surface area contributed by atoms with E-state index in [0.29, 0.717) is 34.1 Å². The number of para-hydroxylation sites is 1. The standard InChI is InChI=1S/C19H15N3O5S/c1-25-14-5-3-2-4-12(14)18-21-17(27-22-18)9-26-19(24)11-6-7-15-13(8-11)20-16(23)10-28-15/h2-8H,9-10H2,1H3,(H,20,23). The van der Waals surface area contributed by atoms with Gasteiger partial charge in [0.2, 0.25) is 11.7 Å². The van der Waals surface area contributed by atoms with E-state index in [1.807, 2.05) is 12.1 Å². The molecule has 2 heterocycles. The number of nitrogens with zero attached hydrogens (tertiary/aromatic N) is 2. The first kappa shape index (κ1) is 18.1. The van der Waals surface area contributed by atoms with Gasteiger partial charge in [-0.05, 0) is 30.3 Å². The second-order valence-electron chi connectivity index (χ2n) is 5.84. The Morgan fingerprint density at radius 1 is 1.29 bits per heavy atom. The highest BCUT2D eigenvalue weighted by atomic mass is 32.2. The Labute approximate surface area is 164 Å². The number of thioether (sulfide) groups is 1. The number of esters is 1. The van der Waals surface area contributed by atoms with Crippen LogP contribution < -0.4 is 10.1 Å². The summed E-state index contributed by atoms with van der Waals surface area (Å²) in [7, 11) is 1.56. The Hall–Kier alpha value is -3.33. The number of nitrogens with one attached hydrogen (secondary N) is 1. The second kappa shape index (κ2) is 7.73. The summed E-state index contributed by atoms with van der Waals surface area (Å²) in [6.07, 6.45) is 0. The molecule has 9 heteroatoms. The average Bonchev–Trinajstić information content (AvgIpc) is 3.20. The first-order chi connectivity index (χ1) is 13.6. The lowest BCUT2D eigenvalue weighted by Gasteiger charge is -2.16. The second-order valence-corrected chi connectivity index (χ2v) is 6.85. The molecule has 0 saturated heterocycles. The first-order valence-electron chi connectivity index (χ1n) is 8.34. The molecule has 1 aliphatic heterocycles. The highest BCUT2D eigenvalue weighted by Gasteiger charge is 2.19. The average molecular weight is 397 g/mol. The van der Waals surface area contributed by atoms with Gasteiger partial charge in [0.1, 0.15) is 5.75 Å². The fourth-order valence-corrected chi connectivity index (χ4v) is 3.46. The molecule has 1 N–H and O–H groups in total. The number of methoxy groups -OCH3 is 1. The molecule has 4 rings (SSSR count). The molecule has 0 fully saturated rings. The van der Waals surface area contributed by atoms with Gasteiger partial charge in [-0.15, -0.1) is 11.8 Å². The molecule has 8 nitrogen and oxygen atoms in total. The molecule has 0 radical (unpaired) electrons. The van der Waals surface area contributed by atoms with Crippen molar-refractivity contribution in [2.45, 2.75) is 11.5 Å². The molecule has 0 unspecified atom stereocenters. The summed E-state index contributed by atoms with van der Waals surface area (Å²) in [4.78, 5) is 29.0. The molecule has 2 aromatic carbocycles. The lowest BCUT2D eigenvalue weighted by Crippen LogP contribution is -2.19. The molecule has 1 aromatic heterocycles. The predicted octanol–water partition coefficient (Wildman–Crippen LogP) is 3.15. The van der Waals surface area contributed by atoms with Gasteiger partial charge in [-0.2, -0.15) is 4.98 Å². The van der Waals surface area contributed by atoms with Crippen molar-refractivity contribution in [3.8, 4) is 17.1 Å². The van der Waals surface area contributed by atoms with Gasteiger partial charge >= 0.3 is 5.97 Å². The van der Waals surface area contributed by atoms with Gasteiger partial charge in [0, 0.05) is 4.90 Å². The Kier molecular flexibility index (Phi) is 4.98. The van der Waals surface area contributed by atoms with Crippen LogP contribution in [0.25, 0.3) is 11.4 Å². The molecule has 1 amide bonds. The fraction of sp³-hybridized carbons (Fsp3) is 0.158. The van der Waals surface area contributed by atoms with Crippen LogP contribution in [0.1, 0.15) is 16.2 Å². The molecule has 0 saturated carbocycles. The normalized spacial score (nSPS) is 12.8. The third kappa shape index (κ3) is 3.70. The number of amides is 1. The number of rotatable bonds is 5. The van der Waals surface area contributed by atoms with E-state index in [4.69, 9.17) is 14.0 Å². The van der Waals surface area contributed by atoms with Crippen LogP contribution in [0.15, 0.2) is 51.9 Å². The minimum absolute atomic E-state index is 0.0993. The number of aromatic nitrogens is 2. The smallest absolute Gasteiger partial charge is 0.338 e. The SMILES string of the molecule is COc1ccccc1-c1noc(COC(=O)c2ccc3c(c2)NC(=O)CS3)n1. The van der Waals surface area contributed by atoms with Crippen molar-refractivity contribution in [2.75, 3.05) is 18.2 Å². The van der Waals surface area contributed by atoms with Crippen LogP contribution >= 0.6 is 11.8 Å². The van der Waals surface area contributed by atoms with E-state index in [1.165, 1.54) is 11.8 Å². The molecular formula is C19H15N3O5S. The zero-order valence-corrected chi connectivity index (χ0v) is 15.6. The third-order valence-electron chi connectivity index (χ3n) is 3.99. The largest absolute Gasteiger partial charge is 0.496 e.